The Hall–Kier alpha value is -3.48. The van der Waals surface area contributed by atoms with E-state index < -0.39 is 6.10 Å². The quantitative estimate of drug-likeness (QED) is 0.574. The monoisotopic (exact) mass is 446 g/mol. The van der Waals surface area contributed by atoms with E-state index in [2.05, 4.69) is 29.1 Å². The third kappa shape index (κ3) is 5.30. The normalized spacial score (nSPS) is 17.5. The van der Waals surface area contributed by atoms with E-state index in [1.807, 2.05) is 49.5 Å². The zero-order valence-electron chi connectivity index (χ0n) is 19.5. The summed E-state index contributed by atoms with van der Waals surface area (Å²) in [5, 5.41) is 3.21. The molecule has 33 heavy (non-hydrogen) atoms. The van der Waals surface area contributed by atoms with Crippen LogP contribution in [0.2, 0.25) is 0 Å². The van der Waals surface area contributed by atoms with Crippen LogP contribution in [-0.4, -0.2) is 34.1 Å². The van der Waals surface area contributed by atoms with Crippen molar-refractivity contribution in [1.82, 2.24) is 20.3 Å². The number of carbonyl (C=O) groups excluding carboxylic acids is 1. The smallest absolute Gasteiger partial charge is 0.261 e. The topological polar surface area (TPSA) is 86.2 Å². The van der Waals surface area contributed by atoms with Crippen LogP contribution < -0.4 is 14.8 Å². The molecule has 0 radical (unpaired) electrons. The lowest BCUT2D eigenvalue weighted by Gasteiger charge is -2.37. The molecule has 1 N–H and O–H groups in total. The molecule has 7 heteroatoms. The summed E-state index contributed by atoms with van der Waals surface area (Å²) in [6.45, 7) is 6.35. The molecule has 0 saturated heterocycles. The van der Waals surface area contributed by atoms with Crippen molar-refractivity contribution in [3.63, 3.8) is 0 Å². The first-order valence-corrected chi connectivity index (χ1v) is 11.3. The Bertz CT molecular complexity index is 1100. The zero-order valence-corrected chi connectivity index (χ0v) is 19.5. The maximum atomic E-state index is 13.2. The molecule has 1 amide bonds. The van der Waals surface area contributed by atoms with Gasteiger partial charge < -0.3 is 14.8 Å². The number of pyridine rings is 1. The van der Waals surface area contributed by atoms with E-state index in [0.29, 0.717) is 18.0 Å². The number of fused-ring (bicyclic) bond motifs is 1. The maximum absolute atomic E-state index is 13.2. The van der Waals surface area contributed by atoms with E-state index in [9.17, 15) is 4.79 Å². The molecular weight excluding hydrogens is 416 g/mol. The predicted molar refractivity (Wildman–Crippen MR) is 126 cm³/mol. The molecule has 3 aromatic rings. The van der Waals surface area contributed by atoms with E-state index >= 15 is 0 Å². The minimum Gasteiger partial charge on any atom is -0.497 e. The van der Waals surface area contributed by atoms with Gasteiger partial charge in [0.05, 0.1) is 18.8 Å². The molecule has 0 bridgehead atoms. The van der Waals surface area contributed by atoms with Gasteiger partial charge >= 0.3 is 0 Å². The van der Waals surface area contributed by atoms with Crippen LogP contribution in [0.15, 0.2) is 55.0 Å². The zero-order chi connectivity index (χ0) is 23.4. The van der Waals surface area contributed by atoms with Crippen LogP contribution in [0.4, 0.5) is 0 Å². The van der Waals surface area contributed by atoms with Gasteiger partial charge in [-0.15, -0.1) is 0 Å². The highest BCUT2D eigenvalue weighted by molar-refractivity contribution is 5.81. The molecule has 2 atom stereocenters. The van der Waals surface area contributed by atoms with Crippen LogP contribution in [0.3, 0.4) is 0 Å². The fourth-order valence-electron chi connectivity index (χ4n) is 4.22. The van der Waals surface area contributed by atoms with Crippen molar-refractivity contribution in [1.29, 1.82) is 0 Å². The Labute approximate surface area is 194 Å². The fourth-order valence-corrected chi connectivity index (χ4v) is 4.22. The Balaban J connectivity index is 1.53. The maximum Gasteiger partial charge on any atom is 0.261 e. The van der Waals surface area contributed by atoms with Crippen molar-refractivity contribution < 1.29 is 14.3 Å². The summed E-state index contributed by atoms with van der Waals surface area (Å²) >= 11 is 0. The predicted octanol–water partition coefficient (Wildman–Crippen LogP) is 4.53. The van der Waals surface area contributed by atoms with Crippen molar-refractivity contribution in [2.24, 2.45) is 5.41 Å². The van der Waals surface area contributed by atoms with Crippen LogP contribution in [-0.2, 0) is 11.2 Å². The van der Waals surface area contributed by atoms with Gasteiger partial charge in [-0.3, -0.25) is 9.78 Å². The highest BCUT2D eigenvalue weighted by atomic mass is 16.5. The molecule has 2 aromatic heterocycles. The van der Waals surface area contributed by atoms with Crippen LogP contribution in [0.1, 0.15) is 50.9 Å². The molecule has 7 nitrogen and oxygen atoms in total. The lowest BCUT2D eigenvalue weighted by molar-refractivity contribution is -0.129. The highest BCUT2D eigenvalue weighted by Crippen LogP contribution is 2.40. The number of methoxy groups -OCH3 is 1. The first-order chi connectivity index (χ1) is 15.9. The van der Waals surface area contributed by atoms with E-state index in [0.717, 1.165) is 35.4 Å². The number of nitrogens with one attached hydrogen (secondary N) is 1. The first kappa shape index (κ1) is 22.7. The minimum atomic E-state index is -0.594. The van der Waals surface area contributed by atoms with Crippen molar-refractivity contribution in [2.75, 3.05) is 7.11 Å². The summed E-state index contributed by atoms with van der Waals surface area (Å²) < 4.78 is 11.2. The number of hydrogen-bond donors (Lipinski definition) is 1. The van der Waals surface area contributed by atoms with Crippen molar-refractivity contribution in [2.45, 2.75) is 52.2 Å². The van der Waals surface area contributed by atoms with Crippen molar-refractivity contribution in [3.8, 4) is 22.9 Å². The van der Waals surface area contributed by atoms with E-state index in [1.54, 1.807) is 19.5 Å². The van der Waals surface area contributed by atoms with E-state index in [4.69, 9.17) is 14.5 Å². The van der Waals surface area contributed by atoms with Gasteiger partial charge in [-0.05, 0) is 61.1 Å². The van der Waals surface area contributed by atoms with Gasteiger partial charge in [0, 0.05) is 29.7 Å². The molecule has 0 unspecified atom stereocenters. The number of nitrogens with zero attached hydrogens (tertiary/aromatic N) is 3. The fraction of sp³-hybridized carbons (Fsp3) is 0.385. The number of hydrogen-bond acceptors (Lipinski definition) is 6. The highest BCUT2D eigenvalue weighted by Gasteiger charge is 2.35. The minimum absolute atomic E-state index is 0.00658. The molecule has 0 aliphatic heterocycles. The summed E-state index contributed by atoms with van der Waals surface area (Å²) in [5.41, 5.74) is 2.87. The Kier molecular flexibility index (Phi) is 6.58. The molecule has 1 aliphatic carbocycles. The molecule has 4 rings (SSSR count). The molecule has 1 aliphatic rings. The standard InChI is InChI=1S/C26H30N4O3/c1-5-23(33-19-8-6-18(32-4)7-9-19)25(31)30-22-15-26(2,3)14-21-20(22)16-28-24(29-21)17-10-12-27-13-11-17/h6-13,16,22-23H,5,14-15H2,1-4H3,(H,30,31)/t22-,23+/m1/s1. The molecular formula is C26H30N4O3. The number of benzene rings is 1. The molecule has 0 spiro atoms. The third-order valence-electron chi connectivity index (χ3n) is 5.93. The summed E-state index contributed by atoms with van der Waals surface area (Å²) in [4.78, 5) is 26.7. The van der Waals surface area contributed by atoms with Crippen LogP contribution in [0.5, 0.6) is 11.5 Å². The summed E-state index contributed by atoms with van der Waals surface area (Å²) in [5.74, 6) is 1.91. The van der Waals surface area contributed by atoms with Gasteiger partial charge in [-0.1, -0.05) is 20.8 Å². The second-order valence-corrected chi connectivity index (χ2v) is 9.13. The largest absolute Gasteiger partial charge is 0.497 e. The van der Waals surface area contributed by atoms with Crippen LogP contribution in [0, 0.1) is 5.41 Å². The average Bonchev–Trinajstić information content (AvgIpc) is 2.82. The van der Waals surface area contributed by atoms with E-state index in [-0.39, 0.29) is 17.4 Å². The van der Waals surface area contributed by atoms with Crippen molar-refractivity contribution in [3.05, 3.63) is 66.2 Å². The van der Waals surface area contributed by atoms with Gasteiger partial charge in [-0.25, -0.2) is 9.97 Å². The number of carbonyl (C=O) groups is 1. The average molecular weight is 447 g/mol. The van der Waals surface area contributed by atoms with Gasteiger partial charge in [0.25, 0.3) is 5.91 Å². The second kappa shape index (κ2) is 9.57. The number of rotatable bonds is 7. The second-order valence-electron chi connectivity index (χ2n) is 9.13. The molecule has 1 aromatic carbocycles. The third-order valence-corrected chi connectivity index (χ3v) is 5.93. The van der Waals surface area contributed by atoms with E-state index in [1.165, 1.54) is 0 Å². The van der Waals surface area contributed by atoms with Gasteiger partial charge in [0.2, 0.25) is 0 Å². The Morgan fingerprint density at radius 2 is 1.85 bits per heavy atom. The lowest BCUT2D eigenvalue weighted by atomic mass is 9.74. The van der Waals surface area contributed by atoms with Gasteiger partial charge in [0.15, 0.2) is 11.9 Å². The van der Waals surface area contributed by atoms with Crippen LogP contribution >= 0.6 is 0 Å². The van der Waals surface area contributed by atoms with Gasteiger partial charge in [-0.2, -0.15) is 0 Å². The molecule has 0 fully saturated rings. The van der Waals surface area contributed by atoms with Crippen molar-refractivity contribution >= 4 is 5.91 Å². The number of amides is 1. The summed E-state index contributed by atoms with van der Waals surface area (Å²) in [6, 6.07) is 10.9. The molecule has 0 saturated carbocycles. The van der Waals surface area contributed by atoms with Crippen LogP contribution in [0.25, 0.3) is 11.4 Å². The van der Waals surface area contributed by atoms with Gasteiger partial charge in [0.1, 0.15) is 11.5 Å². The first-order valence-electron chi connectivity index (χ1n) is 11.3. The number of aromatic nitrogens is 3. The summed E-state index contributed by atoms with van der Waals surface area (Å²) in [6.07, 6.45) is 6.92. The lowest BCUT2D eigenvalue weighted by Crippen LogP contribution is -2.43. The number of ether oxygens (including phenoxy) is 2. The molecule has 2 heterocycles. The Morgan fingerprint density at radius 3 is 2.52 bits per heavy atom. The Morgan fingerprint density at radius 1 is 1.15 bits per heavy atom. The summed E-state index contributed by atoms with van der Waals surface area (Å²) in [7, 11) is 1.62. The molecule has 172 valence electrons. The SMILES string of the molecule is CC[C@H](Oc1ccc(OC)cc1)C(=O)N[C@@H]1CC(C)(C)Cc2nc(-c3ccncc3)ncc21.